The second-order valence-corrected chi connectivity index (χ2v) is 3.79. The Morgan fingerprint density at radius 3 is 2.75 bits per heavy atom. The van der Waals surface area contributed by atoms with Crippen LogP contribution in [0, 0.1) is 0 Å². The number of carbonyl (C=O) groups excluding carboxylic acids is 1. The molecule has 1 aliphatic rings. The van der Waals surface area contributed by atoms with Crippen molar-refractivity contribution in [3.63, 3.8) is 0 Å². The van der Waals surface area contributed by atoms with E-state index in [2.05, 4.69) is 29.7 Å². The molecule has 1 aliphatic heterocycles. The van der Waals surface area contributed by atoms with E-state index in [9.17, 15) is 4.79 Å². The second-order valence-electron chi connectivity index (χ2n) is 3.79. The molecule has 0 spiro atoms. The summed E-state index contributed by atoms with van der Waals surface area (Å²) in [5.74, 6) is 0.0864. The van der Waals surface area contributed by atoms with Crippen molar-refractivity contribution >= 4 is 18.2 Å². The molecular weight excluding hydrogens is 200 g/mol. The average Bonchev–Trinajstić information content (AvgIpc) is 2.34. The smallest absolute Gasteiger partial charge is 0.261 e. The second kappa shape index (κ2) is 4.75. The van der Waals surface area contributed by atoms with Gasteiger partial charge in [0.05, 0.1) is 0 Å². The van der Waals surface area contributed by atoms with Crippen LogP contribution in [0.15, 0.2) is 36.4 Å². The molecule has 3 nitrogen and oxygen atoms in total. The Balaban J connectivity index is 1.85. The van der Waals surface area contributed by atoms with Crippen LogP contribution in [0.1, 0.15) is 18.9 Å². The molecule has 0 aromatic heterocycles. The Hall–Kier alpha value is -1.90. The lowest BCUT2D eigenvalue weighted by Gasteiger charge is -2.17. The van der Waals surface area contributed by atoms with E-state index in [1.807, 2.05) is 36.0 Å². The highest BCUT2D eigenvalue weighted by molar-refractivity contribution is 5.83. The zero-order chi connectivity index (χ0) is 11.4. The number of amides is 1. The Labute approximate surface area is 95.1 Å². The summed E-state index contributed by atoms with van der Waals surface area (Å²) in [6.45, 7) is 1.89. The first-order valence-corrected chi connectivity index (χ1v) is 5.41. The monoisotopic (exact) mass is 215 g/mol. The van der Waals surface area contributed by atoms with E-state index in [1.165, 1.54) is 5.56 Å². The van der Waals surface area contributed by atoms with Gasteiger partial charge >= 0.3 is 5.91 Å². The van der Waals surface area contributed by atoms with E-state index in [1.54, 1.807) is 0 Å². The Bertz CT molecular complexity index is 435. The van der Waals surface area contributed by atoms with Crippen LogP contribution in [0.4, 0.5) is 0 Å². The number of nitrogens with one attached hydrogen (secondary N) is 1. The molecule has 16 heavy (non-hydrogen) atoms. The molecule has 1 saturated heterocycles. The number of allylic oxidation sites excluding steroid dienone is 1. The van der Waals surface area contributed by atoms with Gasteiger partial charge in [-0.25, -0.2) is 0 Å². The molecule has 82 valence electrons. The molecule has 1 aromatic carbocycles. The van der Waals surface area contributed by atoms with Gasteiger partial charge < -0.3 is 0 Å². The maximum absolute atomic E-state index is 10.9. The van der Waals surface area contributed by atoms with Crippen molar-refractivity contribution in [1.29, 1.82) is 0 Å². The van der Waals surface area contributed by atoms with Gasteiger partial charge in [-0.05, 0) is 5.56 Å². The third-order valence-electron chi connectivity index (χ3n) is 2.58. The number of hydrogen-bond acceptors (Lipinski definition) is 1. The highest BCUT2D eigenvalue weighted by Gasteiger charge is 2.37. The molecule has 0 bridgehead atoms. The van der Waals surface area contributed by atoms with E-state index in [0.29, 0.717) is 0 Å². The van der Waals surface area contributed by atoms with Crippen LogP contribution in [0.3, 0.4) is 0 Å². The third-order valence-corrected chi connectivity index (χ3v) is 2.58. The molecule has 1 amide bonds. The maximum Gasteiger partial charge on any atom is 0.344 e. The average molecular weight is 215 g/mol. The fraction of sp³-hybridized carbons (Fsp3) is 0.231. The van der Waals surface area contributed by atoms with Crippen LogP contribution in [0.25, 0.3) is 6.08 Å². The summed E-state index contributed by atoms with van der Waals surface area (Å²) < 4.78 is 1.83. The number of hydrogen-bond donors (Lipinski definition) is 1. The summed E-state index contributed by atoms with van der Waals surface area (Å²) in [5.41, 5.74) is 3.89. The van der Waals surface area contributed by atoms with Crippen LogP contribution in [-0.4, -0.2) is 22.8 Å². The van der Waals surface area contributed by atoms with Gasteiger partial charge in [-0.3, -0.25) is 4.79 Å². The lowest BCUT2D eigenvalue weighted by Crippen LogP contribution is -2.59. The fourth-order valence-electron chi connectivity index (χ4n) is 1.52. The number of rotatable bonds is 3. The number of hydrazone groups is 1. The SMILES string of the molecule is CC1C(=O)N/[N+]1=C\C/C=C\c1ccccc1. The molecule has 1 heterocycles. The van der Waals surface area contributed by atoms with Gasteiger partial charge in [0, 0.05) is 13.3 Å². The quantitative estimate of drug-likeness (QED) is 0.763. The topological polar surface area (TPSA) is 32.1 Å². The van der Waals surface area contributed by atoms with Crippen molar-refractivity contribution in [3.05, 3.63) is 42.0 Å². The molecule has 0 saturated carbocycles. The number of hydrazine groups is 1. The highest BCUT2D eigenvalue weighted by atomic mass is 16.2. The zero-order valence-electron chi connectivity index (χ0n) is 9.26. The minimum atomic E-state index is -0.0230. The first kappa shape index (κ1) is 10.6. The van der Waals surface area contributed by atoms with Crippen LogP contribution in [0.2, 0.25) is 0 Å². The summed E-state index contributed by atoms with van der Waals surface area (Å²) >= 11 is 0. The molecule has 0 radical (unpaired) electrons. The van der Waals surface area contributed by atoms with Crippen LogP contribution in [0.5, 0.6) is 0 Å². The molecular formula is C13H15N2O+. The lowest BCUT2D eigenvalue weighted by molar-refractivity contribution is -0.631. The summed E-state index contributed by atoms with van der Waals surface area (Å²) in [6.07, 6.45) is 6.94. The van der Waals surface area contributed by atoms with Gasteiger partial charge in [0.25, 0.3) is 6.04 Å². The summed E-state index contributed by atoms with van der Waals surface area (Å²) in [6, 6.07) is 10.1. The molecule has 2 rings (SSSR count). The summed E-state index contributed by atoms with van der Waals surface area (Å²) in [7, 11) is 0. The van der Waals surface area contributed by atoms with Crippen molar-refractivity contribution in [2.75, 3.05) is 0 Å². The van der Waals surface area contributed by atoms with E-state index < -0.39 is 0 Å². The molecule has 1 unspecified atom stereocenters. The first-order valence-electron chi connectivity index (χ1n) is 5.41. The molecule has 1 aromatic rings. The van der Waals surface area contributed by atoms with Crippen molar-refractivity contribution in [2.45, 2.75) is 19.4 Å². The van der Waals surface area contributed by atoms with Gasteiger partial charge in [-0.15, -0.1) is 10.1 Å². The lowest BCUT2D eigenvalue weighted by atomic mass is 10.2. The van der Waals surface area contributed by atoms with Crippen molar-refractivity contribution in [3.8, 4) is 0 Å². The summed E-state index contributed by atoms with van der Waals surface area (Å²) in [4.78, 5) is 10.9. The number of nitrogens with zero attached hydrogens (tertiary/aromatic N) is 1. The fourth-order valence-corrected chi connectivity index (χ4v) is 1.52. The van der Waals surface area contributed by atoms with Gasteiger partial charge in [0.1, 0.15) is 0 Å². The predicted octanol–water partition coefficient (Wildman–Crippen LogP) is 1.61. The highest BCUT2D eigenvalue weighted by Crippen LogP contribution is 2.02. The van der Waals surface area contributed by atoms with Crippen molar-refractivity contribution in [2.24, 2.45) is 0 Å². The Kier molecular flexibility index (Phi) is 3.15. The van der Waals surface area contributed by atoms with E-state index in [4.69, 9.17) is 0 Å². The predicted molar refractivity (Wildman–Crippen MR) is 64.0 cm³/mol. The van der Waals surface area contributed by atoms with E-state index in [0.717, 1.165) is 6.42 Å². The zero-order valence-corrected chi connectivity index (χ0v) is 9.26. The third kappa shape index (κ3) is 2.37. The molecule has 3 heteroatoms. The molecule has 0 aliphatic carbocycles. The summed E-state index contributed by atoms with van der Waals surface area (Å²) in [5, 5.41) is 0. The van der Waals surface area contributed by atoms with Crippen LogP contribution in [-0.2, 0) is 4.79 Å². The molecule has 1 fully saturated rings. The first-order chi connectivity index (χ1) is 7.77. The van der Waals surface area contributed by atoms with Gasteiger partial charge in [-0.2, -0.15) is 0 Å². The van der Waals surface area contributed by atoms with Crippen molar-refractivity contribution in [1.82, 2.24) is 5.43 Å². The largest absolute Gasteiger partial charge is 0.344 e. The normalized spacial score (nSPS) is 22.2. The van der Waals surface area contributed by atoms with Crippen LogP contribution >= 0.6 is 0 Å². The van der Waals surface area contributed by atoms with Gasteiger partial charge in [-0.1, -0.05) is 42.5 Å². The minimum Gasteiger partial charge on any atom is -0.261 e. The van der Waals surface area contributed by atoms with Crippen molar-refractivity contribution < 1.29 is 9.48 Å². The van der Waals surface area contributed by atoms with Gasteiger partial charge in [0.2, 0.25) is 0 Å². The minimum absolute atomic E-state index is 0.0230. The van der Waals surface area contributed by atoms with Gasteiger partial charge in [0.15, 0.2) is 6.21 Å². The standard InChI is InChI=1S/C13H14N2O/c1-11-13(16)14-15(11)10-6-5-9-12-7-3-2-4-8-12/h2-5,7-11H,6H2,1H3/p+1/b9-5-,15-10-. The maximum atomic E-state index is 10.9. The number of carbonyl (C=O) groups is 1. The van der Waals surface area contributed by atoms with E-state index >= 15 is 0 Å². The van der Waals surface area contributed by atoms with Crippen LogP contribution < -0.4 is 5.43 Å². The molecule has 1 atom stereocenters. The molecule has 1 N–H and O–H groups in total. The number of benzene rings is 1. The van der Waals surface area contributed by atoms with E-state index in [-0.39, 0.29) is 11.9 Å². The Morgan fingerprint density at radius 2 is 2.12 bits per heavy atom. The Morgan fingerprint density at radius 1 is 1.38 bits per heavy atom.